The second-order valence-electron chi connectivity index (χ2n) is 5.49. The number of ether oxygens (including phenoxy) is 2. The minimum absolute atomic E-state index is 0.0272. The second kappa shape index (κ2) is 6.71. The summed E-state index contributed by atoms with van der Waals surface area (Å²) in [6.07, 6.45) is 0.302. The summed E-state index contributed by atoms with van der Waals surface area (Å²) in [5, 5.41) is 0.315. The lowest BCUT2D eigenvalue weighted by Crippen LogP contribution is -2.45. The van der Waals surface area contributed by atoms with Crippen LogP contribution in [0.5, 0.6) is 0 Å². The van der Waals surface area contributed by atoms with Gasteiger partial charge in [-0.25, -0.2) is 4.39 Å². The summed E-state index contributed by atoms with van der Waals surface area (Å²) in [4.78, 5) is 14.2. The lowest BCUT2D eigenvalue weighted by molar-refractivity contribution is -0.143. The molecule has 2 heterocycles. The van der Waals surface area contributed by atoms with Crippen LogP contribution in [0.25, 0.3) is 0 Å². The Morgan fingerprint density at radius 2 is 2.09 bits per heavy atom. The smallest absolute Gasteiger partial charge is 0.228 e. The maximum atomic E-state index is 13.7. The Kier molecular flexibility index (Phi) is 4.88. The fourth-order valence-corrected chi connectivity index (χ4v) is 3.31. The highest BCUT2D eigenvalue weighted by Gasteiger charge is 2.32. The Labute approximate surface area is 138 Å². The van der Waals surface area contributed by atoms with E-state index >= 15 is 0 Å². The number of morpholine rings is 1. The zero-order valence-electron chi connectivity index (χ0n) is 11.9. The molecule has 0 aromatic heterocycles. The highest BCUT2D eigenvalue weighted by Crippen LogP contribution is 2.33. The van der Waals surface area contributed by atoms with E-state index in [1.807, 2.05) is 0 Å². The molecule has 7 heteroatoms. The minimum Gasteiger partial charge on any atom is -0.381 e. The molecule has 1 amide bonds. The number of carbonyl (C=O) groups excluding carboxylic acids is 1. The standard InChI is InChI=1S/C15H16Cl2FNO3/c16-11-6-12(17)13(18)5-10(11)14-7-19(2-4-22-14)15(20)9-1-3-21-8-9/h5-6,9,14H,1-4,7-8H2/t9-,14+/m1/s1. The summed E-state index contributed by atoms with van der Waals surface area (Å²) in [5.74, 6) is -0.565. The molecule has 0 unspecified atom stereocenters. The topological polar surface area (TPSA) is 38.8 Å². The lowest BCUT2D eigenvalue weighted by Gasteiger charge is -2.34. The van der Waals surface area contributed by atoms with Crippen molar-refractivity contribution in [3.8, 4) is 0 Å². The number of hydrogen-bond acceptors (Lipinski definition) is 3. The van der Waals surface area contributed by atoms with Crippen molar-refractivity contribution < 1.29 is 18.7 Å². The fourth-order valence-electron chi connectivity index (χ4n) is 2.81. The van der Waals surface area contributed by atoms with E-state index in [1.54, 1.807) is 4.90 Å². The number of halogens is 3. The molecule has 0 N–H and O–H groups in total. The molecule has 1 aromatic rings. The zero-order chi connectivity index (χ0) is 15.7. The number of nitrogens with zero attached hydrogens (tertiary/aromatic N) is 1. The van der Waals surface area contributed by atoms with Gasteiger partial charge in [-0.1, -0.05) is 23.2 Å². The average Bonchev–Trinajstić information content (AvgIpc) is 3.04. The van der Waals surface area contributed by atoms with Crippen molar-refractivity contribution in [2.45, 2.75) is 12.5 Å². The average molecular weight is 348 g/mol. The maximum absolute atomic E-state index is 13.7. The van der Waals surface area contributed by atoms with Crippen LogP contribution in [-0.4, -0.2) is 43.7 Å². The largest absolute Gasteiger partial charge is 0.381 e. The number of benzene rings is 1. The molecule has 0 spiro atoms. The molecule has 2 fully saturated rings. The molecule has 22 heavy (non-hydrogen) atoms. The van der Waals surface area contributed by atoms with Crippen LogP contribution in [0.2, 0.25) is 10.0 Å². The number of carbonyl (C=O) groups is 1. The Hall–Kier alpha value is -0.880. The zero-order valence-corrected chi connectivity index (χ0v) is 13.4. The van der Waals surface area contributed by atoms with Gasteiger partial charge >= 0.3 is 0 Å². The summed E-state index contributed by atoms with van der Waals surface area (Å²) in [6.45, 7) is 2.37. The predicted molar refractivity (Wildman–Crippen MR) is 80.6 cm³/mol. The molecule has 2 aliphatic heterocycles. The Morgan fingerprint density at radius 3 is 2.82 bits per heavy atom. The first-order chi connectivity index (χ1) is 10.6. The lowest BCUT2D eigenvalue weighted by atomic mass is 10.0. The monoisotopic (exact) mass is 347 g/mol. The first-order valence-electron chi connectivity index (χ1n) is 7.19. The van der Waals surface area contributed by atoms with Gasteiger partial charge in [0.2, 0.25) is 5.91 Å². The van der Waals surface area contributed by atoms with Crippen LogP contribution >= 0.6 is 23.2 Å². The van der Waals surface area contributed by atoms with Crippen molar-refractivity contribution in [1.82, 2.24) is 4.90 Å². The first-order valence-corrected chi connectivity index (χ1v) is 7.94. The van der Waals surface area contributed by atoms with Gasteiger partial charge in [-0.15, -0.1) is 0 Å². The van der Waals surface area contributed by atoms with Crippen molar-refractivity contribution in [2.75, 3.05) is 32.9 Å². The van der Waals surface area contributed by atoms with E-state index in [0.29, 0.717) is 43.5 Å². The van der Waals surface area contributed by atoms with Crippen LogP contribution in [0, 0.1) is 11.7 Å². The van der Waals surface area contributed by atoms with Crippen molar-refractivity contribution >= 4 is 29.1 Å². The molecular weight excluding hydrogens is 332 g/mol. The molecule has 3 rings (SSSR count). The van der Waals surface area contributed by atoms with E-state index in [2.05, 4.69) is 0 Å². The van der Waals surface area contributed by atoms with Crippen LogP contribution in [0.1, 0.15) is 18.1 Å². The molecular formula is C15H16Cl2FNO3. The van der Waals surface area contributed by atoms with Gasteiger partial charge in [-0.05, 0) is 18.6 Å². The highest BCUT2D eigenvalue weighted by atomic mass is 35.5. The van der Waals surface area contributed by atoms with Gasteiger partial charge in [0.25, 0.3) is 0 Å². The molecule has 0 saturated carbocycles. The Bertz CT molecular complexity index is 578. The van der Waals surface area contributed by atoms with Crippen LogP contribution in [-0.2, 0) is 14.3 Å². The SMILES string of the molecule is O=C([C@@H]1CCOC1)N1CCO[C@H](c2cc(F)c(Cl)cc2Cl)C1. The molecule has 2 atom stereocenters. The number of hydrogen-bond donors (Lipinski definition) is 0. The summed E-state index contributed by atoms with van der Waals surface area (Å²) < 4.78 is 24.6. The number of amides is 1. The van der Waals surface area contributed by atoms with Gasteiger partial charge in [0, 0.05) is 23.7 Å². The predicted octanol–water partition coefficient (Wildman–Crippen LogP) is 3.07. The van der Waals surface area contributed by atoms with E-state index in [1.165, 1.54) is 12.1 Å². The van der Waals surface area contributed by atoms with Crippen molar-refractivity contribution in [3.05, 3.63) is 33.6 Å². The van der Waals surface area contributed by atoms with Crippen molar-refractivity contribution in [1.29, 1.82) is 0 Å². The van der Waals surface area contributed by atoms with Crippen LogP contribution in [0.15, 0.2) is 12.1 Å². The maximum Gasteiger partial charge on any atom is 0.228 e. The number of rotatable bonds is 2. The summed E-state index contributed by atoms with van der Waals surface area (Å²) >= 11 is 11.8. The third kappa shape index (κ3) is 3.23. The van der Waals surface area contributed by atoms with E-state index in [4.69, 9.17) is 32.7 Å². The molecule has 0 aliphatic carbocycles. The Morgan fingerprint density at radius 1 is 1.27 bits per heavy atom. The normalized spacial score (nSPS) is 25.5. The van der Waals surface area contributed by atoms with Crippen LogP contribution < -0.4 is 0 Å². The quantitative estimate of drug-likeness (QED) is 0.771. The van der Waals surface area contributed by atoms with Gasteiger partial charge in [0.05, 0.1) is 30.7 Å². The summed E-state index contributed by atoms with van der Waals surface area (Å²) in [6, 6.07) is 2.64. The van der Waals surface area contributed by atoms with Crippen molar-refractivity contribution in [2.24, 2.45) is 5.92 Å². The van der Waals surface area contributed by atoms with Gasteiger partial charge < -0.3 is 14.4 Å². The van der Waals surface area contributed by atoms with Gasteiger partial charge in [0.15, 0.2) is 0 Å². The van der Waals surface area contributed by atoms with Crippen LogP contribution in [0.3, 0.4) is 0 Å². The first kappa shape index (κ1) is 16.0. The Balaban J connectivity index is 1.75. The highest BCUT2D eigenvalue weighted by molar-refractivity contribution is 6.35. The molecule has 4 nitrogen and oxygen atoms in total. The summed E-state index contributed by atoms with van der Waals surface area (Å²) in [5.41, 5.74) is 0.517. The van der Waals surface area contributed by atoms with E-state index < -0.39 is 11.9 Å². The van der Waals surface area contributed by atoms with E-state index in [9.17, 15) is 9.18 Å². The van der Waals surface area contributed by atoms with Gasteiger partial charge in [0.1, 0.15) is 11.9 Å². The second-order valence-corrected chi connectivity index (χ2v) is 6.31. The van der Waals surface area contributed by atoms with E-state index in [-0.39, 0.29) is 16.8 Å². The van der Waals surface area contributed by atoms with Gasteiger partial charge in [-0.3, -0.25) is 4.79 Å². The van der Waals surface area contributed by atoms with Crippen LogP contribution in [0.4, 0.5) is 4.39 Å². The minimum atomic E-state index is -0.544. The fraction of sp³-hybridized carbons (Fsp3) is 0.533. The van der Waals surface area contributed by atoms with Crippen molar-refractivity contribution in [3.63, 3.8) is 0 Å². The molecule has 2 aliphatic rings. The molecule has 2 saturated heterocycles. The molecule has 120 valence electrons. The summed E-state index contributed by atoms with van der Waals surface area (Å²) in [7, 11) is 0. The molecule has 0 bridgehead atoms. The molecule has 1 aromatic carbocycles. The molecule has 0 radical (unpaired) electrons. The van der Waals surface area contributed by atoms with Gasteiger partial charge in [-0.2, -0.15) is 0 Å². The third-order valence-electron chi connectivity index (χ3n) is 4.04. The van der Waals surface area contributed by atoms with E-state index in [0.717, 1.165) is 6.42 Å². The third-order valence-corrected chi connectivity index (χ3v) is 4.66.